The molecule has 1 saturated heterocycles. The number of fused-ring (bicyclic) bond motifs is 1. The Morgan fingerprint density at radius 3 is 2.62 bits per heavy atom. The summed E-state index contributed by atoms with van der Waals surface area (Å²) in [6, 6.07) is 14.4. The largest absolute Gasteiger partial charge is 0.481 e. The molecule has 3 aromatic rings. The van der Waals surface area contributed by atoms with E-state index in [2.05, 4.69) is 10.3 Å². The molecule has 0 saturated carbocycles. The molecule has 0 spiro atoms. The van der Waals surface area contributed by atoms with Crippen molar-refractivity contribution in [2.24, 2.45) is 0 Å². The molecule has 168 valence electrons. The van der Waals surface area contributed by atoms with Crippen molar-refractivity contribution in [3.05, 3.63) is 59.8 Å². The van der Waals surface area contributed by atoms with Gasteiger partial charge in [0.05, 0.1) is 4.90 Å². The van der Waals surface area contributed by atoms with Crippen molar-refractivity contribution in [3.8, 4) is 5.75 Å². The highest BCUT2D eigenvalue weighted by Crippen LogP contribution is 2.27. The molecule has 0 atom stereocenters. The first kappa shape index (κ1) is 22.2. The lowest BCUT2D eigenvalue weighted by atomic mass is 10.2. The summed E-state index contributed by atoms with van der Waals surface area (Å²) in [6.07, 6.45) is 2.79. The fraction of sp³-hybridized carbons (Fsp3) is 0.333. The van der Waals surface area contributed by atoms with Gasteiger partial charge in [-0.05, 0) is 56.5 Å². The van der Waals surface area contributed by atoms with E-state index in [1.165, 1.54) is 10.4 Å². The first-order valence-corrected chi connectivity index (χ1v) is 12.2. The van der Waals surface area contributed by atoms with Crippen LogP contribution in [0.2, 0.25) is 0 Å². The van der Waals surface area contributed by atoms with Gasteiger partial charge in [-0.2, -0.15) is 4.31 Å². The third kappa shape index (κ3) is 4.76. The smallest absolute Gasteiger partial charge is 0.262 e. The molecule has 7 nitrogen and oxygen atoms in total. The molecule has 1 fully saturated rings. The van der Waals surface area contributed by atoms with Crippen LogP contribution in [0.5, 0.6) is 5.75 Å². The van der Waals surface area contributed by atoms with Crippen LogP contribution in [-0.4, -0.2) is 43.3 Å². The van der Waals surface area contributed by atoms with E-state index < -0.39 is 10.0 Å². The zero-order valence-electron chi connectivity index (χ0n) is 18.3. The number of aryl methyl sites for hydroxylation is 2. The van der Waals surface area contributed by atoms with Gasteiger partial charge in [0.15, 0.2) is 6.61 Å². The van der Waals surface area contributed by atoms with Gasteiger partial charge in [-0.3, -0.25) is 4.79 Å². The molecule has 2 heterocycles. The number of pyridine rings is 1. The Hall–Kier alpha value is -2.97. The maximum atomic E-state index is 13.1. The number of hydrogen-bond acceptors (Lipinski definition) is 5. The molecular weight excluding hydrogens is 426 g/mol. The molecule has 0 bridgehead atoms. The normalized spacial score (nSPS) is 14.9. The second-order valence-corrected chi connectivity index (χ2v) is 9.97. The lowest BCUT2D eigenvalue weighted by Gasteiger charge is -2.26. The topological polar surface area (TPSA) is 88.6 Å². The van der Waals surface area contributed by atoms with Crippen LogP contribution in [-0.2, 0) is 14.8 Å². The fourth-order valence-corrected chi connectivity index (χ4v) is 5.64. The second kappa shape index (κ2) is 9.26. The quantitative estimate of drug-likeness (QED) is 0.608. The molecule has 4 rings (SSSR count). The summed E-state index contributed by atoms with van der Waals surface area (Å²) < 4.78 is 33.4. The van der Waals surface area contributed by atoms with E-state index in [1.54, 1.807) is 25.1 Å². The molecule has 0 radical (unpaired) electrons. The number of nitrogens with one attached hydrogen (secondary N) is 1. The summed E-state index contributed by atoms with van der Waals surface area (Å²) in [5, 5.41) is 3.68. The van der Waals surface area contributed by atoms with Gasteiger partial charge in [0, 0.05) is 29.9 Å². The lowest BCUT2D eigenvalue weighted by molar-refractivity contribution is -0.118. The molecule has 0 unspecified atom stereocenters. The Morgan fingerprint density at radius 2 is 1.84 bits per heavy atom. The molecule has 0 aliphatic carbocycles. The highest BCUT2D eigenvalue weighted by Gasteiger charge is 2.27. The van der Waals surface area contributed by atoms with Gasteiger partial charge in [-0.1, -0.05) is 30.7 Å². The fourth-order valence-electron chi connectivity index (χ4n) is 3.87. The predicted octanol–water partition coefficient (Wildman–Crippen LogP) is 4.04. The molecule has 2 aromatic carbocycles. The number of benzene rings is 2. The Bertz CT molecular complexity index is 1250. The van der Waals surface area contributed by atoms with Crippen LogP contribution in [0, 0.1) is 13.8 Å². The lowest BCUT2D eigenvalue weighted by Crippen LogP contribution is -2.36. The number of carbonyl (C=O) groups is 1. The first-order valence-electron chi connectivity index (χ1n) is 10.7. The van der Waals surface area contributed by atoms with E-state index in [0.29, 0.717) is 35.6 Å². The maximum absolute atomic E-state index is 13.1. The van der Waals surface area contributed by atoms with E-state index in [0.717, 1.165) is 30.3 Å². The van der Waals surface area contributed by atoms with Gasteiger partial charge in [0.1, 0.15) is 11.3 Å². The maximum Gasteiger partial charge on any atom is 0.262 e. The predicted molar refractivity (Wildman–Crippen MR) is 124 cm³/mol. The van der Waals surface area contributed by atoms with E-state index in [-0.39, 0.29) is 17.4 Å². The van der Waals surface area contributed by atoms with E-state index >= 15 is 0 Å². The molecule has 1 amide bonds. The molecule has 1 N–H and O–H groups in total. The van der Waals surface area contributed by atoms with Crippen molar-refractivity contribution in [2.45, 2.75) is 38.0 Å². The Labute approximate surface area is 188 Å². The van der Waals surface area contributed by atoms with Gasteiger partial charge in [-0.15, -0.1) is 0 Å². The highest BCUT2D eigenvalue weighted by atomic mass is 32.2. The number of sulfonamides is 1. The zero-order chi connectivity index (χ0) is 22.7. The van der Waals surface area contributed by atoms with Crippen LogP contribution in [0.1, 0.15) is 30.5 Å². The molecule has 1 aliphatic heterocycles. The van der Waals surface area contributed by atoms with Crippen molar-refractivity contribution in [1.29, 1.82) is 0 Å². The molecule has 8 heteroatoms. The van der Waals surface area contributed by atoms with Crippen LogP contribution >= 0.6 is 0 Å². The average Bonchev–Trinajstić information content (AvgIpc) is 2.79. The monoisotopic (exact) mass is 453 g/mol. The Balaban J connectivity index is 1.47. The summed E-state index contributed by atoms with van der Waals surface area (Å²) in [6.45, 7) is 4.52. The minimum Gasteiger partial charge on any atom is -0.481 e. The number of aromatic nitrogens is 1. The molecule has 1 aliphatic rings. The SMILES string of the molecule is Cc1ccc2cccc(OCC(=O)Nc3ccc(C)c(S(=O)(=O)N4CCCCC4)c3)c2n1. The van der Waals surface area contributed by atoms with Crippen LogP contribution in [0.4, 0.5) is 5.69 Å². The average molecular weight is 454 g/mol. The van der Waals surface area contributed by atoms with Crippen LogP contribution < -0.4 is 10.1 Å². The standard InChI is InChI=1S/C24H27N3O4S/c1-17-9-12-20(15-22(17)32(29,30)27-13-4-3-5-14-27)26-23(28)16-31-21-8-6-7-19-11-10-18(2)25-24(19)21/h6-12,15H,3-5,13-14,16H2,1-2H3,(H,26,28). The second-order valence-electron chi connectivity index (χ2n) is 8.06. The number of amides is 1. The summed E-state index contributed by atoms with van der Waals surface area (Å²) >= 11 is 0. The summed E-state index contributed by atoms with van der Waals surface area (Å²) in [5.74, 6) is 0.151. The number of ether oxygens (including phenoxy) is 1. The Kier molecular flexibility index (Phi) is 6.43. The van der Waals surface area contributed by atoms with Crippen LogP contribution in [0.15, 0.2) is 53.4 Å². The number of hydrogen-bond donors (Lipinski definition) is 1. The van der Waals surface area contributed by atoms with Crippen molar-refractivity contribution in [2.75, 3.05) is 25.0 Å². The zero-order valence-corrected chi connectivity index (χ0v) is 19.1. The molecule has 32 heavy (non-hydrogen) atoms. The third-order valence-electron chi connectivity index (χ3n) is 5.59. The van der Waals surface area contributed by atoms with Crippen LogP contribution in [0.3, 0.4) is 0 Å². The minimum absolute atomic E-state index is 0.211. The van der Waals surface area contributed by atoms with Gasteiger partial charge in [0.25, 0.3) is 5.91 Å². The number of rotatable bonds is 6. The van der Waals surface area contributed by atoms with Crippen molar-refractivity contribution < 1.29 is 17.9 Å². The van der Waals surface area contributed by atoms with E-state index in [4.69, 9.17) is 4.74 Å². The number of anilines is 1. The highest BCUT2D eigenvalue weighted by molar-refractivity contribution is 7.89. The van der Waals surface area contributed by atoms with Gasteiger partial charge in [0.2, 0.25) is 10.0 Å². The number of piperidine rings is 1. The van der Waals surface area contributed by atoms with Gasteiger partial charge < -0.3 is 10.1 Å². The number of carbonyl (C=O) groups excluding carboxylic acids is 1. The first-order chi connectivity index (χ1) is 15.3. The van der Waals surface area contributed by atoms with Crippen LogP contribution in [0.25, 0.3) is 10.9 Å². The van der Waals surface area contributed by atoms with E-state index in [9.17, 15) is 13.2 Å². The summed E-state index contributed by atoms with van der Waals surface area (Å²) in [7, 11) is -3.59. The minimum atomic E-state index is -3.59. The van der Waals surface area contributed by atoms with Gasteiger partial charge >= 0.3 is 0 Å². The Morgan fingerprint density at radius 1 is 1.06 bits per heavy atom. The van der Waals surface area contributed by atoms with Gasteiger partial charge in [-0.25, -0.2) is 13.4 Å². The number of nitrogens with zero attached hydrogens (tertiary/aromatic N) is 2. The van der Waals surface area contributed by atoms with Crippen molar-refractivity contribution >= 4 is 32.5 Å². The third-order valence-corrected chi connectivity index (χ3v) is 7.63. The summed E-state index contributed by atoms with van der Waals surface area (Å²) in [4.78, 5) is 17.3. The molecule has 1 aromatic heterocycles. The number of para-hydroxylation sites is 1. The van der Waals surface area contributed by atoms with Crippen molar-refractivity contribution in [3.63, 3.8) is 0 Å². The van der Waals surface area contributed by atoms with E-state index in [1.807, 2.05) is 31.2 Å². The molecular formula is C24H27N3O4S. The summed E-state index contributed by atoms with van der Waals surface area (Å²) in [5.41, 5.74) is 2.64. The van der Waals surface area contributed by atoms with Crippen molar-refractivity contribution in [1.82, 2.24) is 9.29 Å².